The quantitative estimate of drug-likeness (QED) is 0.496. The molecule has 0 aliphatic heterocycles. The molecule has 48 valence electrons. The van der Waals surface area contributed by atoms with E-state index in [-0.39, 0.29) is 0 Å². The molecule has 6 fully saturated rings. The van der Waals surface area contributed by atoms with Gasteiger partial charge in [0, 0.05) is 0 Å². The van der Waals surface area contributed by atoms with Gasteiger partial charge in [0.05, 0.1) is 0 Å². The third-order valence-electron chi connectivity index (χ3n) is 4.99. The van der Waals surface area contributed by atoms with E-state index in [1.54, 1.807) is 6.42 Å². The zero-order chi connectivity index (χ0) is 5.80. The molecule has 0 aromatic carbocycles. The van der Waals surface area contributed by atoms with E-state index in [4.69, 9.17) is 0 Å². The highest BCUT2D eigenvalue weighted by molar-refractivity contribution is 5.47. The average Bonchev–Trinajstić information content (AvgIpc) is 2.51. The second kappa shape index (κ2) is 0.741. The Bertz CT molecular complexity index is 191. The molecule has 0 aromatic heterocycles. The van der Waals surface area contributed by atoms with E-state index in [2.05, 4.69) is 6.92 Å². The van der Waals surface area contributed by atoms with E-state index in [1.165, 1.54) is 36.0 Å². The Morgan fingerprint density at radius 3 is 2.56 bits per heavy atom. The standard InChI is InChI=1S/C9H12/c1-2-5-4-3-6-8-7(4)9(5,6)8/h4-8H,2-3H2,1H3. The van der Waals surface area contributed by atoms with Gasteiger partial charge in [0.1, 0.15) is 0 Å². The number of hydrogen-bond donors (Lipinski definition) is 0. The fourth-order valence-electron chi connectivity index (χ4n) is 4.92. The molecule has 6 saturated carbocycles. The highest BCUT2D eigenvalue weighted by Crippen LogP contribution is 3.05. The van der Waals surface area contributed by atoms with E-state index >= 15 is 0 Å². The molecule has 1 spiro atoms. The molecular formula is C9H12. The Balaban J connectivity index is 1.89. The van der Waals surface area contributed by atoms with Gasteiger partial charge in [-0.05, 0) is 41.4 Å². The van der Waals surface area contributed by atoms with Crippen molar-refractivity contribution in [3.63, 3.8) is 0 Å². The lowest BCUT2D eigenvalue weighted by molar-refractivity contribution is 0.134. The van der Waals surface area contributed by atoms with Crippen LogP contribution in [0.15, 0.2) is 0 Å². The van der Waals surface area contributed by atoms with Crippen molar-refractivity contribution in [1.29, 1.82) is 0 Å². The van der Waals surface area contributed by atoms with E-state index < -0.39 is 0 Å². The van der Waals surface area contributed by atoms with Crippen LogP contribution in [-0.2, 0) is 0 Å². The number of hydrogen-bond acceptors (Lipinski definition) is 0. The van der Waals surface area contributed by atoms with Crippen LogP contribution in [0.3, 0.4) is 0 Å². The van der Waals surface area contributed by atoms with Gasteiger partial charge in [0.2, 0.25) is 0 Å². The highest BCUT2D eigenvalue weighted by Gasteiger charge is 3.01. The van der Waals surface area contributed by atoms with Crippen LogP contribution in [-0.4, -0.2) is 0 Å². The molecule has 0 N–H and O–H groups in total. The fraction of sp³-hybridized carbons (Fsp3) is 1.00. The highest BCUT2D eigenvalue weighted by atomic mass is 15.0. The second-order valence-electron chi connectivity index (χ2n) is 4.57. The van der Waals surface area contributed by atoms with Crippen LogP contribution in [0.4, 0.5) is 0 Å². The summed E-state index contributed by atoms with van der Waals surface area (Å²) in [5.41, 5.74) is 1.05. The lowest BCUT2D eigenvalue weighted by Crippen LogP contribution is -2.29. The molecule has 0 heteroatoms. The van der Waals surface area contributed by atoms with Crippen LogP contribution in [0.25, 0.3) is 0 Å². The first-order valence-corrected chi connectivity index (χ1v) is 4.42. The Labute approximate surface area is 55.6 Å². The van der Waals surface area contributed by atoms with Crippen molar-refractivity contribution in [3.8, 4) is 0 Å². The molecule has 6 rings (SSSR count). The summed E-state index contributed by atoms with van der Waals surface area (Å²) >= 11 is 0. The van der Waals surface area contributed by atoms with Crippen LogP contribution in [0.1, 0.15) is 19.8 Å². The Morgan fingerprint density at radius 2 is 2.33 bits per heavy atom. The molecule has 0 saturated heterocycles. The minimum atomic E-state index is 1.05. The van der Waals surface area contributed by atoms with Crippen molar-refractivity contribution in [1.82, 2.24) is 0 Å². The molecule has 0 aromatic rings. The van der Waals surface area contributed by atoms with E-state index in [0.717, 1.165) is 5.41 Å². The maximum Gasteiger partial charge on any atom is -0.0167 e. The van der Waals surface area contributed by atoms with E-state index in [9.17, 15) is 0 Å². The molecule has 0 nitrogen and oxygen atoms in total. The van der Waals surface area contributed by atoms with Crippen LogP contribution in [0.2, 0.25) is 0 Å². The molecule has 0 heterocycles. The predicted octanol–water partition coefficient (Wildman–Crippen LogP) is 1.91. The van der Waals surface area contributed by atoms with Gasteiger partial charge in [-0.15, -0.1) is 0 Å². The summed E-state index contributed by atoms with van der Waals surface area (Å²) in [5, 5.41) is 0. The molecule has 6 aliphatic carbocycles. The van der Waals surface area contributed by atoms with Crippen LogP contribution < -0.4 is 0 Å². The normalized spacial score (nSPS) is 85.7. The first-order valence-electron chi connectivity index (χ1n) is 4.42. The van der Waals surface area contributed by atoms with Crippen LogP contribution in [0, 0.1) is 35.0 Å². The molecule has 6 atom stereocenters. The molecule has 9 heavy (non-hydrogen) atoms. The first kappa shape index (κ1) is 4.00. The van der Waals surface area contributed by atoms with Gasteiger partial charge in [0.25, 0.3) is 0 Å². The van der Waals surface area contributed by atoms with Crippen molar-refractivity contribution in [2.75, 3.05) is 0 Å². The van der Waals surface area contributed by atoms with Crippen molar-refractivity contribution in [2.24, 2.45) is 35.0 Å². The lowest BCUT2D eigenvalue weighted by Gasteiger charge is -2.34. The van der Waals surface area contributed by atoms with Gasteiger partial charge in [-0.25, -0.2) is 0 Å². The third-order valence-corrected chi connectivity index (χ3v) is 4.99. The van der Waals surface area contributed by atoms with Gasteiger partial charge < -0.3 is 0 Å². The Kier molecular flexibility index (Phi) is 0.329. The van der Waals surface area contributed by atoms with Gasteiger partial charge in [-0.1, -0.05) is 13.3 Å². The zero-order valence-electron chi connectivity index (χ0n) is 5.80. The molecule has 6 aliphatic rings. The van der Waals surface area contributed by atoms with E-state index in [0.29, 0.717) is 0 Å². The molecule has 4 bridgehead atoms. The molecule has 0 radical (unpaired) electrons. The summed E-state index contributed by atoms with van der Waals surface area (Å²) < 4.78 is 0. The summed E-state index contributed by atoms with van der Waals surface area (Å²) in [6.45, 7) is 2.39. The smallest absolute Gasteiger partial charge is 0.0167 e. The third kappa shape index (κ3) is 0.163. The fourth-order valence-corrected chi connectivity index (χ4v) is 4.92. The lowest BCUT2D eigenvalue weighted by atomic mass is 9.70. The van der Waals surface area contributed by atoms with Crippen LogP contribution in [0.5, 0.6) is 0 Å². The van der Waals surface area contributed by atoms with Gasteiger partial charge in [0.15, 0.2) is 0 Å². The van der Waals surface area contributed by atoms with Gasteiger partial charge >= 0.3 is 0 Å². The van der Waals surface area contributed by atoms with Crippen molar-refractivity contribution in [3.05, 3.63) is 0 Å². The largest absolute Gasteiger partial charge is 0.0651 e. The maximum atomic E-state index is 2.39. The number of rotatable bonds is 1. The summed E-state index contributed by atoms with van der Waals surface area (Å²) in [6.07, 6.45) is 3.14. The monoisotopic (exact) mass is 120 g/mol. The van der Waals surface area contributed by atoms with Crippen LogP contribution >= 0.6 is 0 Å². The average molecular weight is 120 g/mol. The molecular weight excluding hydrogens is 108 g/mol. The summed E-state index contributed by atoms with van der Waals surface area (Å²) in [7, 11) is 0. The minimum absolute atomic E-state index is 1.05. The summed E-state index contributed by atoms with van der Waals surface area (Å²) in [5.74, 6) is 6.33. The second-order valence-corrected chi connectivity index (χ2v) is 4.57. The summed E-state index contributed by atoms with van der Waals surface area (Å²) in [6, 6.07) is 0. The molecule has 6 unspecified atom stereocenters. The van der Waals surface area contributed by atoms with Crippen molar-refractivity contribution < 1.29 is 0 Å². The molecule has 0 amide bonds. The topological polar surface area (TPSA) is 0 Å². The van der Waals surface area contributed by atoms with Gasteiger partial charge in [-0.3, -0.25) is 0 Å². The Hall–Kier alpha value is 0. The SMILES string of the molecule is CCC1C2CC3C4C2C134. The van der Waals surface area contributed by atoms with Gasteiger partial charge in [-0.2, -0.15) is 0 Å². The first-order chi connectivity index (χ1) is 4.42. The van der Waals surface area contributed by atoms with E-state index in [1.807, 2.05) is 0 Å². The Morgan fingerprint density at radius 1 is 1.44 bits per heavy atom. The zero-order valence-corrected chi connectivity index (χ0v) is 5.80. The summed E-state index contributed by atoms with van der Waals surface area (Å²) in [4.78, 5) is 0. The van der Waals surface area contributed by atoms with Crippen molar-refractivity contribution >= 4 is 0 Å². The maximum absolute atomic E-state index is 2.39. The van der Waals surface area contributed by atoms with Crippen molar-refractivity contribution in [2.45, 2.75) is 19.8 Å². The minimum Gasteiger partial charge on any atom is -0.0651 e. The predicted molar refractivity (Wildman–Crippen MR) is 34.8 cm³/mol.